The maximum atomic E-state index is 12.3. The van der Waals surface area contributed by atoms with Crippen LogP contribution >= 0.6 is 0 Å². The van der Waals surface area contributed by atoms with Gasteiger partial charge < -0.3 is 20.3 Å². The Morgan fingerprint density at radius 2 is 1.92 bits per heavy atom. The molecule has 0 spiro atoms. The molecule has 38 heavy (non-hydrogen) atoms. The summed E-state index contributed by atoms with van der Waals surface area (Å²) in [6.45, 7) is 2.16. The van der Waals surface area contributed by atoms with Crippen LogP contribution in [0.25, 0.3) is 11.4 Å². The zero-order valence-electron chi connectivity index (χ0n) is 21.3. The van der Waals surface area contributed by atoms with Crippen LogP contribution in [0.15, 0.2) is 52.4 Å². The summed E-state index contributed by atoms with van der Waals surface area (Å²) >= 11 is 0. The molecule has 1 aliphatic rings. The van der Waals surface area contributed by atoms with Gasteiger partial charge in [-0.1, -0.05) is 0 Å². The number of aliphatic hydroxyl groups excluding tert-OH is 2. The van der Waals surface area contributed by atoms with Crippen LogP contribution < -0.4 is 16.6 Å². The molecule has 202 valence electrons. The van der Waals surface area contributed by atoms with Crippen LogP contribution in [0.1, 0.15) is 48.6 Å². The zero-order valence-corrected chi connectivity index (χ0v) is 21.3. The second-order valence-corrected chi connectivity index (χ2v) is 9.51. The largest absolute Gasteiger partial charge is 0.394 e. The molecule has 4 rings (SSSR count). The topological polar surface area (TPSA) is 159 Å². The van der Waals surface area contributed by atoms with Gasteiger partial charge in [0.05, 0.1) is 24.1 Å². The van der Waals surface area contributed by atoms with Crippen LogP contribution in [0.4, 0.5) is 0 Å². The molecule has 3 aromatic heterocycles. The number of carbonyl (C=O) groups is 1. The van der Waals surface area contributed by atoms with Gasteiger partial charge in [-0.15, -0.1) is 0 Å². The monoisotopic (exact) mass is 523 g/mol. The molecule has 1 fully saturated rings. The van der Waals surface area contributed by atoms with Crippen molar-refractivity contribution in [3.05, 3.63) is 80.4 Å². The summed E-state index contributed by atoms with van der Waals surface area (Å²) in [6.07, 6.45) is 5.29. The molecule has 0 unspecified atom stereocenters. The van der Waals surface area contributed by atoms with Crippen molar-refractivity contribution in [1.29, 1.82) is 0 Å². The SMILES string of the molecule is Cc1ccnc(-c2cc(CCCCNC(=O)CCc3cn([C@H]4C[C@H](O)[C@@H](CO)O4)c(=O)[nH]c3=O)ccn2)c1. The van der Waals surface area contributed by atoms with E-state index in [0.29, 0.717) is 6.54 Å². The van der Waals surface area contributed by atoms with Crippen LogP contribution in [-0.2, 0) is 22.4 Å². The molecule has 11 nitrogen and oxygen atoms in total. The summed E-state index contributed by atoms with van der Waals surface area (Å²) < 4.78 is 6.69. The number of hydrogen-bond donors (Lipinski definition) is 4. The number of aryl methyl sites for hydroxylation is 3. The molecule has 0 saturated carbocycles. The van der Waals surface area contributed by atoms with Crippen LogP contribution in [0.2, 0.25) is 0 Å². The molecule has 1 amide bonds. The number of aromatic nitrogens is 4. The van der Waals surface area contributed by atoms with E-state index in [4.69, 9.17) is 4.74 Å². The number of hydrogen-bond acceptors (Lipinski definition) is 8. The first-order valence-electron chi connectivity index (χ1n) is 12.8. The summed E-state index contributed by atoms with van der Waals surface area (Å²) in [5, 5.41) is 22.1. The molecule has 0 radical (unpaired) electrons. The van der Waals surface area contributed by atoms with E-state index < -0.39 is 29.7 Å². The number of nitrogens with one attached hydrogen (secondary N) is 2. The highest BCUT2D eigenvalue weighted by Gasteiger charge is 2.35. The first kappa shape index (κ1) is 27.4. The molecule has 1 aliphatic heterocycles. The number of rotatable bonds is 11. The van der Waals surface area contributed by atoms with E-state index in [1.807, 2.05) is 31.2 Å². The van der Waals surface area contributed by atoms with Crippen molar-refractivity contribution in [2.24, 2.45) is 0 Å². The predicted octanol–water partition coefficient (Wildman–Crippen LogP) is 1.01. The second-order valence-electron chi connectivity index (χ2n) is 9.51. The molecule has 4 heterocycles. The molecule has 1 saturated heterocycles. The second kappa shape index (κ2) is 12.7. The summed E-state index contributed by atoms with van der Waals surface area (Å²) in [4.78, 5) is 47.8. The Bertz CT molecular complexity index is 1370. The van der Waals surface area contributed by atoms with E-state index in [-0.39, 0.29) is 37.3 Å². The third-order valence-electron chi connectivity index (χ3n) is 6.57. The van der Waals surface area contributed by atoms with Crippen molar-refractivity contribution < 1.29 is 19.7 Å². The Balaban J connectivity index is 1.22. The minimum absolute atomic E-state index is 0.0892. The van der Waals surface area contributed by atoms with Crippen molar-refractivity contribution in [2.75, 3.05) is 13.2 Å². The van der Waals surface area contributed by atoms with E-state index in [0.717, 1.165) is 41.8 Å². The molecule has 11 heteroatoms. The molecule has 4 N–H and O–H groups in total. The summed E-state index contributed by atoms with van der Waals surface area (Å²) in [7, 11) is 0. The quantitative estimate of drug-likeness (QED) is 0.271. The Kier molecular flexibility index (Phi) is 9.16. The fourth-order valence-corrected chi connectivity index (χ4v) is 4.43. The van der Waals surface area contributed by atoms with Crippen LogP contribution in [0.3, 0.4) is 0 Å². The predicted molar refractivity (Wildman–Crippen MR) is 139 cm³/mol. The molecule has 0 aliphatic carbocycles. The average Bonchev–Trinajstić information content (AvgIpc) is 3.28. The van der Waals surface area contributed by atoms with Gasteiger partial charge >= 0.3 is 5.69 Å². The number of aromatic amines is 1. The standard InChI is InChI=1S/C27H33N5O6/c1-17-7-10-28-20(12-17)21-13-18(8-11-29-21)4-2-3-9-30-24(35)6-5-19-15-32(27(37)31-26(19)36)25-14-22(34)23(16-33)38-25/h7-8,10-13,15,22-23,25,33-34H,2-6,9,14,16H2,1H3,(H,30,35)(H,31,36,37)/t22-,23+,25+/m0/s1. The molecule has 3 atom stereocenters. The molecule has 0 aromatic carbocycles. The van der Waals surface area contributed by atoms with Gasteiger partial charge in [-0.05, 0) is 68.0 Å². The number of aliphatic hydroxyl groups is 2. The first-order chi connectivity index (χ1) is 18.3. The molecule has 0 bridgehead atoms. The van der Waals surface area contributed by atoms with Gasteiger partial charge in [0.15, 0.2) is 0 Å². The Hall–Kier alpha value is -3.67. The Morgan fingerprint density at radius 1 is 1.16 bits per heavy atom. The lowest BCUT2D eigenvalue weighted by Crippen LogP contribution is -2.35. The fourth-order valence-electron chi connectivity index (χ4n) is 4.43. The molecular weight excluding hydrogens is 490 g/mol. The maximum Gasteiger partial charge on any atom is 0.330 e. The van der Waals surface area contributed by atoms with Gasteiger partial charge in [0.2, 0.25) is 5.91 Å². The number of amides is 1. The van der Waals surface area contributed by atoms with E-state index in [9.17, 15) is 24.6 Å². The number of nitrogens with zero attached hydrogens (tertiary/aromatic N) is 3. The smallest absolute Gasteiger partial charge is 0.330 e. The van der Waals surface area contributed by atoms with E-state index in [2.05, 4.69) is 20.3 Å². The number of H-pyrrole nitrogens is 1. The van der Waals surface area contributed by atoms with Crippen molar-refractivity contribution in [3.63, 3.8) is 0 Å². The Labute approximate surface area is 219 Å². The fraction of sp³-hybridized carbons (Fsp3) is 0.444. The number of carbonyl (C=O) groups excluding carboxylic acids is 1. The van der Waals surface area contributed by atoms with Gasteiger partial charge in [-0.25, -0.2) is 4.79 Å². The number of pyridine rings is 2. The maximum absolute atomic E-state index is 12.3. The average molecular weight is 524 g/mol. The lowest BCUT2D eigenvalue weighted by atomic mass is 10.1. The van der Waals surface area contributed by atoms with Gasteiger partial charge in [0.25, 0.3) is 5.56 Å². The highest BCUT2D eigenvalue weighted by molar-refractivity contribution is 5.76. The normalized spacial score (nSPS) is 19.0. The lowest BCUT2D eigenvalue weighted by Gasteiger charge is -2.15. The van der Waals surface area contributed by atoms with Gasteiger partial charge in [-0.3, -0.25) is 29.1 Å². The van der Waals surface area contributed by atoms with Crippen molar-refractivity contribution in [2.45, 2.75) is 63.9 Å². The van der Waals surface area contributed by atoms with Crippen molar-refractivity contribution in [1.82, 2.24) is 24.8 Å². The lowest BCUT2D eigenvalue weighted by molar-refractivity contribution is -0.121. The first-order valence-corrected chi connectivity index (χ1v) is 12.8. The highest BCUT2D eigenvalue weighted by atomic mass is 16.5. The number of unbranched alkanes of at least 4 members (excludes halogenated alkanes) is 1. The Morgan fingerprint density at radius 3 is 2.66 bits per heavy atom. The van der Waals surface area contributed by atoms with Crippen LogP contribution in [0.5, 0.6) is 0 Å². The minimum atomic E-state index is -0.913. The van der Waals surface area contributed by atoms with E-state index in [1.165, 1.54) is 10.8 Å². The van der Waals surface area contributed by atoms with Gasteiger partial charge in [-0.2, -0.15) is 0 Å². The van der Waals surface area contributed by atoms with Crippen molar-refractivity contribution >= 4 is 5.91 Å². The summed E-state index contributed by atoms with van der Waals surface area (Å²) in [6, 6.07) is 7.97. The molecule has 3 aromatic rings. The third-order valence-corrected chi connectivity index (χ3v) is 6.57. The highest BCUT2D eigenvalue weighted by Crippen LogP contribution is 2.27. The summed E-state index contributed by atoms with van der Waals surface area (Å²) in [5.41, 5.74) is 3.00. The summed E-state index contributed by atoms with van der Waals surface area (Å²) in [5.74, 6) is -0.188. The van der Waals surface area contributed by atoms with Gasteiger partial charge in [0.1, 0.15) is 12.3 Å². The zero-order chi connectivity index (χ0) is 27.1. The van der Waals surface area contributed by atoms with Crippen LogP contribution in [0, 0.1) is 6.92 Å². The van der Waals surface area contributed by atoms with Gasteiger partial charge in [0, 0.05) is 43.5 Å². The molecular formula is C27H33N5O6. The third kappa shape index (κ3) is 7.00. The van der Waals surface area contributed by atoms with Crippen molar-refractivity contribution in [3.8, 4) is 11.4 Å². The van der Waals surface area contributed by atoms with E-state index >= 15 is 0 Å². The number of ether oxygens (including phenoxy) is 1. The van der Waals surface area contributed by atoms with Crippen LogP contribution in [-0.4, -0.2) is 61.0 Å². The minimum Gasteiger partial charge on any atom is -0.394 e. The van der Waals surface area contributed by atoms with E-state index in [1.54, 1.807) is 12.4 Å².